The van der Waals surface area contributed by atoms with Crippen LogP contribution in [0.2, 0.25) is 0 Å². The smallest absolute Gasteiger partial charge is 0.258 e. The molecule has 0 unspecified atom stereocenters. The molecule has 0 aliphatic heterocycles. The van der Waals surface area contributed by atoms with E-state index in [-0.39, 0.29) is 16.9 Å². The summed E-state index contributed by atoms with van der Waals surface area (Å²) in [7, 11) is 0. The van der Waals surface area contributed by atoms with Gasteiger partial charge in [-0.15, -0.1) is 0 Å². The van der Waals surface area contributed by atoms with E-state index in [4.69, 9.17) is 12.2 Å². The lowest BCUT2D eigenvalue weighted by molar-refractivity contribution is 0.0946. The average molecular weight is 524 g/mol. The highest BCUT2D eigenvalue weighted by atomic mass is 127. The number of amides is 2. The number of hydrogen-bond acceptors (Lipinski definition) is 4. The van der Waals surface area contributed by atoms with Gasteiger partial charge in [0.2, 0.25) is 0 Å². The summed E-state index contributed by atoms with van der Waals surface area (Å²) in [4.78, 5) is 26.8. The van der Waals surface area contributed by atoms with E-state index < -0.39 is 0 Å². The molecule has 2 aromatic rings. The van der Waals surface area contributed by atoms with Crippen LogP contribution in [-0.2, 0) is 0 Å². The molecule has 0 aliphatic carbocycles. The van der Waals surface area contributed by atoms with Gasteiger partial charge in [0, 0.05) is 27.9 Å². The predicted molar refractivity (Wildman–Crippen MR) is 129 cm³/mol. The lowest BCUT2D eigenvalue weighted by atomic mass is 10.2. The summed E-state index contributed by atoms with van der Waals surface area (Å²) in [5, 5.41) is 8.75. The summed E-state index contributed by atoms with van der Waals surface area (Å²) in [6, 6.07) is 14.2. The molecule has 8 heteroatoms. The number of nitrogens with one attached hydrogen (secondary N) is 3. The molecular weight excluding hydrogens is 499 g/mol. The van der Waals surface area contributed by atoms with Crippen LogP contribution < -0.4 is 16.0 Å². The van der Waals surface area contributed by atoms with Crippen LogP contribution in [0, 0.1) is 3.57 Å². The number of halogens is 1. The monoisotopic (exact) mass is 524 g/mol. The Morgan fingerprint density at radius 3 is 2.28 bits per heavy atom. The van der Waals surface area contributed by atoms with Crippen molar-refractivity contribution in [2.75, 3.05) is 31.5 Å². The van der Waals surface area contributed by atoms with Crippen molar-refractivity contribution in [2.24, 2.45) is 0 Å². The number of likely N-dealkylation sites (N-methyl/N-ethyl adjacent to an activating group) is 1. The number of carbonyl (C=O) groups excluding carboxylic acids is 2. The first kappa shape index (κ1) is 23.2. The number of rotatable bonds is 8. The Hall–Kier alpha value is -2.04. The van der Waals surface area contributed by atoms with Crippen molar-refractivity contribution in [1.29, 1.82) is 0 Å². The maximum atomic E-state index is 12.3. The van der Waals surface area contributed by atoms with Crippen molar-refractivity contribution in [1.82, 2.24) is 15.5 Å². The zero-order valence-electron chi connectivity index (χ0n) is 16.5. The van der Waals surface area contributed by atoms with E-state index in [2.05, 4.69) is 57.3 Å². The molecule has 3 N–H and O–H groups in total. The van der Waals surface area contributed by atoms with Crippen LogP contribution in [0.3, 0.4) is 0 Å². The van der Waals surface area contributed by atoms with Gasteiger partial charge in [-0.3, -0.25) is 14.9 Å². The van der Waals surface area contributed by atoms with Crippen LogP contribution in [0.5, 0.6) is 0 Å². The molecule has 29 heavy (non-hydrogen) atoms. The highest BCUT2D eigenvalue weighted by Gasteiger charge is 2.11. The first-order chi connectivity index (χ1) is 13.9. The fourth-order valence-electron chi connectivity index (χ4n) is 2.65. The van der Waals surface area contributed by atoms with Gasteiger partial charge in [-0.05, 0) is 84.3 Å². The van der Waals surface area contributed by atoms with Crippen LogP contribution in [0.15, 0.2) is 48.5 Å². The van der Waals surface area contributed by atoms with Crippen molar-refractivity contribution in [3.63, 3.8) is 0 Å². The van der Waals surface area contributed by atoms with Crippen molar-refractivity contribution in [3.05, 3.63) is 63.2 Å². The lowest BCUT2D eigenvalue weighted by Crippen LogP contribution is -2.35. The third kappa shape index (κ3) is 7.37. The van der Waals surface area contributed by atoms with E-state index in [1.54, 1.807) is 36.4 Å². The molecule has 2 aromatic carbocycles. The highest BCUT2D eigenvalue weighted by Crippen LogP contribution is 2.12. The second-order valence-electron chi connectivity index (χ2n) is 6.25. The van der Waals surface area contributed by atoms with Crippen LogP contribution in [0.1, 0.15) is 34.6 Å². The van der Waals surface area contributed by atoms with Gasteiger partial charge in [0.25, 0.3) is 11.8 Å². The Balaban J connectivity index is 1.85. The first-order valence-corrected chi connectivity index (χ1v) is 10.9. The molecule has 2 amide bonds. The van der Waals surface area contributed by atoms with Gasteiger partial charge in [-0.1, -0.05) is 26.0 Å². The topological polar surface area (TPSA) is 73.5 Å². The molecule has 0 spiro atoms. The quantitative estimate of drug-likeness (QED) is 0.365. The van der Waals surface area contributed by atoms with Crippen LogP contribution >= 0.6 is 34.8 Å². The molecule has 2 rings (SSSR count). The Bertz CT molecular complexity index is 854. The average Bonchev–Trinajstić information content (AvgIpc) is 2.71. The Labute approximate surface area is 190 Å². The molecule has 0 fully saturated rings. The van der Waals surface area contributed by atoms with Gasteiger partial charge < -0.3 is 15.5 Å². The predicted octanol–water partition coefficient (Wildman–Crippen LogP) is 3.49. The van der Waals surface area contributed by atoms with Gasteiger partial charge in [-0.2, -0.15) is 0 Å². The molecule has 0 atom stereocenters. The van der Waals surface area contributed by atoms with Crippen LogP contribution in [-0.4, -0.2) is 48.0 Å². The number of hydrogen-bond donors (Lipinski definition) is 3. The minimum absolute atomic E-state index is 0.113. The molecule has 0 saturated heterocycles. The summed E-state index contributed by atoms with van der Waals surface area (Å²) in [5.41, 5.74) is 1.83. The van der Waals surface area contributed by atoms with Gasteiger partial charge in [0.15, 0.2) is 5.11 Å². The fraction of sp³-hybridized carbons (Fsp3) is 0.286. The number of carbonyl (C=O) groups is 2. The zero-order valence-corrected chi connectivity index (χ0v) is 19.5. The minimum Gasteiger partial charge on any atom is -0.351 e. The molecule has 154 valence electrons. The Morgan fingerprint density at radius 1 is 1.00 bits per heavy atom. The first-order valence-electron chi connectivity index (χ1n) is 9.42. The zero-order chi connectivity index (χ0) is 21.2. The van der Waals surface area contributed by atoms with Crippen molar-refractivity contribution in [3.8, 4) is 0 Å². The second-order valence-corrected chi connectivity index (χ2v) is 7.82. The van der Waals surface area contributed by atoms with E-state index in [1.165, 1.54) is 0 Å². The summed E-state index contributed by atoms with van der Waals surface area (Å²) in [6.45, 7) is 7.57. The number of benzene rings is 2. The third-order valence-electron chi connectivity index (χ3n) is 4.36. The van der Waals surface area contributed by atoms with Crippen molar-refractivity contribution < 1.29 is 9.59 Å². The summed E-state index contributed by atoms with van der Waals surface area (Å²) < 4.78 is 0.849. The normalized spacial score (nSPS) is 10.5. The maximum Gasteiger partial charge on any atom is 0.258 e. The number of thiocarbonyl (C=S) groups is 1. The van der Waals surface area contributed by atoms with E-state index in [9.17, 15) is 9.59 Å². The van der Waals surface area contributed by atoms with Gasteiger partial charge in [0.1, 0.15) is 0 Å². The minimum atomic E-state index is -0.267. The number of nitrogens with zero attached hydrogens (tertiary/aromatic N) is 1. The molecule has 0 aromatic heterocycles. The van der Waals surface area contributed by atoms with E-state index >= 15 is 0 Å². The summed E-state index contributed by atoms with van der Waals surface area (Å²) in [5.74, 6) is -0.380. The molecule has 0 aliphatic rings. The largest absolute Gasteiger partial charge is 0.351 e. The molecular formula is C21H25IN4O2S. The summed E-state index contributed by atoms with van der Waals surface area (Å²) >= 11 is 7.32. The van der Waals surface area contributed by atoms with E-state index in [0.717, 1.165) is 23.2 Å². The Kier molecular flexibility index (Phi) is 9.49. The van der Waals surface area contributed by atoms with Gasteiger partial charge in [-0.25, -0.2) is 0 Å². The molecule has 0 radical (unpaired) electrons. The van der Waals surface area contributed by atoms with Crippen molar-refractivity contribution in [2.45, 2.75) is 13.8 Å². The Morgan fingerprint density at radius 2 is 1.66 bits per heavy atom. The highest BCUT2D eigenvalue weighted by molar-refractivity contribution is 14.1. The van der Waals surface area contributed by atoms with Gasteiger partial charge in [0.05, 0.1) is 5.56 Å². The summed E-state index contributed by atoms with van der Waals surface area (Å²) in [6.07, 6.45) is 0. The molecule has 6 nitrogen and oxygen atoms in total. The maximum absolute atomic E-state index is 12.3. The van der Waals surface area contributed by atoms with Crippen LogP contribution in [0.4, 0.5) is 5.69 Å². The lowest BCUT2D eigenvalue weighted by Gasteiger charge is -2.18. The number of anilines is 1. The standard InChI is InChI=1S/C21H25IN4O2S/c1-3-26(4-2)14-13-23-19(27)15-9-11-16(12-10-15)24-21(29)25-20(28)17-7-5-6-8-18(17)22/h5-12H,3-4,13-14H2,1-2H3,(H,23,27)(H2,24,25,28,29). The van der Waals surface area contributed by atoms with Gasteiger partial charge >= 0.3 is 0 Å². The molecule has 0 bridgehead atoms. The van der Waals surface area contributed by atoms with Crippen LogP contribution in [0.25, 0.3) is 0 Å². The van der Waals surface area contributed by atoms with Crippen molar-refractivity contribution >= 4 is 57.4 Å². The van der Waals surface area contributed by atoms with E-state index in [1.807, 2.05) is 12.1 Å². The fourth-order valence-corrected chi connectivity index (χ4v) is 3.50. The van der Waals surface area contributed by atoms with E-state index in [0.29, 0.717) is 23.4 Å². The molecule has 0 saturated carbocycles. The second kappa shape index (κ2) is 11.8. The third-order valence-corrected chi connectivity index (χ3v) is 5.50. The molecule has 0 heterocycles. The SMILES string of the molecule is CCN(CC)CCNC(=O)c1ccc(NC(=S)NC(=O)c2ccccc2I)cc1.